The monoisotopic (exact) mass is 322 g/mol. The van der Waals surface area contributed by atoms with Crippen LogP contribution in [-0.2, 0) is 4.79 Å². The van der Waals surface area contributed by atoms with Crippen LogP contribution in [0.1, 0.15) is 11.1 Å². The van der Waals surface area contributed by atoms with Gasteiger partial charge in [0.05, 0.1) is 4.92 Å². The van der Waals surface area contributed by atoms with Crippen LogP contribution in [0.2, 0.25) is 0 Å². The average molecular weight is 322 g/mol. The quantitative estimate of drug-likeness (QED) is 0.459. The smallest absolute Gasteiger partial charge is 0.270 e. The molecular formula is C19H18N2O3. The first-order valence-corrected chi connectivity index (χ1v) is 7.38. The van der Waals surface area contributed by atoms with Crippen molar-refractivity contribution < 1.29 is 9.72 Å². The van der Waals surface area contributed by atoms with Crippen LogP contribution in [0, 0.1) is 10.1 Å². The van der Waals surface area contributed by atoms with Crippen molar-refractivity contribution in [3.63, 3.8) is 0 Å². The molecule has 0 aliphatic heterocycles. The van der Waals surface area contributed by atoms with Crippen LogP contribution in [0.3, 0.4) is 0 Å². The Morgan fingerprint density at radius 3 is 2.21 bits per heavy atom. The van der Waals surface area contributed by atoms with Crippen molar-refractivity contribution in [3.8, 4) is 0 Å². The highest BCUT2D eigenvalue weighted by Crippen LogP contribution is 2.15. The number of hydrogen-bond acceptors (Lipinski definition) is 4. The lowest BCUT2D eigenvalue weighted by molar-refractivity contribution is -0.384. The number of carbonyl (C=O) groups is 1. The van der Waals surface area contributed by atoms with E-state index >= 15 is 0 Å². The lowest BCUT2D eigenvalue weighted by Gasteiger charge is -2.11. The third-order valence-electron chi connectivity index (χ3n) is 3.37. The lowest BCUT2D eigenvalue weighted by atomic mass is 10.1. The second-order valence-corrected chi connectivity index (χ2v) is 5.41. The van der Waals surface area contributed by atoms with Crippen molar-refractivity contribution >= 4 is 29.3 Å². The summed E-state index contributed by atoms with van der Waals surface area (Å²) in [4.78, 5) is 24.1. The molecule has 122 valence electrons. The highest BCUT2D eigenvalue weighted by molar-refractivity contribution is 6.04. The van der Waals surface area contributed by atoms with E-state index in [2.05, 4.69) is 0 Å². The fraction of sp³-hybridized carbons (Fsp3) is 0.105. The summed E-state index contributed by atoms with van der Waals surface area (Å²) in [6.07, 6.45) is 6.16. The van der Waals surface area contributed by atoms with Crippen LogP contribution < -0.4 is 4.90 Å². The Hall–Kier alpha value is -3.21. The van der Waals surface area contributed by atoms with Crippen LogP contribution in [0.5, 0.6) is 0 Å². The molecule has 0 aliphatic rings. The number of allylic oxidation sites excluding steroid dienone is 2. The van der Waals surface area contributed by atoms with Gasteiger partial charge < -0.3 is 4.90 Å². The number of nitro groups is 1. The average Bonchev–Trinajstić information content (AvgIpc) is 2.58. The van der Waals surface area contributed by atoms with E-state index in [0.717, 1.165) is 11.3 Å². The summed E-state index contributed by atoms with van der Waals surface area (Å²) in [5.74, 6) is -0.182. The Morgan fingerprint density at radius 1 is 1.00 bits per heavy atom. The molecule has 0 aromatic heterocycles. The third-order valence-corrected chi connectivity index (χ3v) is 3.37. The summed E-state index contributed by atoms with van der Waals surface area (Å²) in [5.41, 5.74) is 2.63. The first-order chi connectivity index (χ1) is 11.5. The van der Waals surface area contributed by atoms with Gasteiger partial charge in [0.1, 0.15) is 0 Å². The first-order valence-electron chi connectivity index (χ1n) is 7.38. The van der Waals surface area contributed by atoms with Gasteiger partial charge in [0, 0.05) is 31.9 Å². The molecule has 0 radical (unpaired) electrons. The minimum atomic E-state index is -0.462. The number of carbonyl (C=O) groups excluding carboxylic acids is 1. The van der Waals surface area contributed by atoms with Gasteiger partial charge in [-0.05, 0) is 35.4 Å². The lowest BCUT2D eigenvalue weighted by Crippen LogP contribution is -2.07. The number of nitro benzene ring substituents is 1. The summed E-state index contributed by atoms with van der Waals surface area (Å²) in [7, 11) is 3.93. The summed E-state index contributed by atoms with van der Waals surface area (Å²) >= 11 is 0. The van der Waals surface area contributed by atoms with Gasteiger partial charge in [-0.3, -0.25) is 14.9 Å². The van der Waals surface area contributed by atoms with E-state index < -0.39 is 4.92 Å². The van der Waals surface area contributed by atoms with E-state index in [1.54, 1.807) is 24.3 Å². The number of benzene rings is 2. The van der Waals surface area contributed by atoms with Crippen molar-refractivity contribution in [3.05, 3.63) is 81.9 Å². The standard InChI is InChI=1S/C19H18N2O3/c1-20(2)17-10-6-15(7-11-17)8-12-19(22)13-9-16-4-3-5-18(14-16)21(23)24/h3-14H,1-2H3/b12-8+,13-9+. The van der Waals surface area contributed by atoms with Crippen LogP contribution in [0.25, 0.3) is 12.2 Å². The molecule has 0 amide bonds. The number of non-ortho nitro benzene ring substituents is 1. The van der Waals surface area contributed by atoms with Gasteiger partial charge in [0.25, 0.3) is 5.69 Å². The number of rotatable bonds is 6. The summed E-state index contributed by atoms with van der Waals surface area (Å²) < 4.78 is 0. The van der Waals surface area contributed by atoms with Gasteiger partial charge in [0.2, 0.25) is 0 Å². The van der Waals surface area contributed by atoms with E-state index in [0.29, 0.717) is 5.56 Å². The minimum absolute atomic E-state index is 0.00104. The zero-order valence-electron chi connectivity index (χ0n) is 13.5. The number of hydrogen-bond donors (Lipinski definition) is 0. The molecule has 0 fully saturated rings. The molecular weight excluding hydrogens is 304 g/mol. The molecule has 24 heavy (non-hydrogen) atoms. The van der Waals surface area contributed by atoms with Crippen molar-refractivity contribution in [1.82, 2.24) is 0 Å². The molecule has 5 nitrogen and oxygen atoms in total. The zero-order valence-corrected chi connectivity index (χ0v) is 13.5. The Kier molecular flexibility index (Phi) is 5.63. The number of anilines is 1. The van der Waals surface area contributed by atoms with E-state index in [-0.39, 0.29) is 11.5 Å². The van der Waals surface area contributed by atoms with Crippen molar-refractivity contribution in [2.75, 3.05) is 19.0 Å². The molecule has 0 N–H and O–H groups in total. The fourth-order valence-corrected chi connectivity index (χ4v) is 2.04. The second kappa shape index (κ2) is 7.87. The maximum atomic E-state index is 11.9. The molecule has 0 unspecified atom stereocenters. The molecule has 2 aromatic rings. The maximum Gasteiger partial charge on any atom is 0.270 e. The van der Waals surface area contributed by atoms with Crippen LogP contribution >= 0.6 is 0 Å². The molecule has 0 bridgehead atoms. The highest BCUT2D eigenvalue weighted by atomic mass is 16.6. The van der Waals surface area contributed by atoms with Crippen molar-refractivity contribution in [2.24, 2.45) is 0 Å². The summed E-state index contributed by atoms with van der Waals surface area (Å²) in [5, 5.41) is 10.7. The van der Waals surface area contributed by atoms with E-state index in [1.165, 1.54) is 24.3 Å². The maximum absolute atomic E-state index is 11.9. The first kappa shape index (κ1) is 17.1. The molecule has 2 aromatic carbocycles. The van der Waals surface area contributed by atoms with Crippen LogP contribution in [0.15, 0.2) is 60.7 Å². The zero-order chi connectivity index (χ0) is 17.5. The van der Waals surface area contributed by atoms with E-state index in [1.807, 2.05) is 43.3 Å². The van der Waals surface area contributed by atoms with Gasteiger partial charge in [-0.15, -0.1) is 0 Å². The van der Waals surface area contributed by atoms with Gasteiger partial charge in [0.15, 0.2) is 5.78 Å². The number of nitrogens with zero attached hydrogens (tertiary/aromatic N) is 2. The van der Waals surface area contributed by atoms with Gasteiger partial charge >= 0.3 is 0 Å². The van der Waals surface area contributed by atoms with Gasteiger partial charge in [-0.2, -0.15) is 0 Å². The molecule has 0 aliphatic carbocycles. The Balaban J connectivity index is 2.02. The van der Waals surface area contributed by atoms with Crippen molar-refractivity contribution in [1.29, 1.82) is 0 Å². The topological polar surface area (TPSA) is 63.5 Å². The normalized spacial score (nSPS) is 11.1. The molecule has 5 heteroatoms. The largest absolute Gasteiger partial charge is 0.378 e. The molecule has 0 saturated carbocycles. The fourth-order valence-electron chi connectivity index (χ4n) is 2.04. The molecule has 0 atom stereocenters. The van der Waals surface area contributed by atoms with Crippen molar-refractivity contribution in [2.45, 2.75) is 0 Å². The Bertz CT molecular complexity index is 791. The third kappa shape index (κ3) is 4.91. The minimum Gasteiger partial charge on any atom is -0.378 e. The Morgan fingerprint density at radius 2 is 1.62 bits per heavy atom. The summed E-state index contributed by atoms with van der Waals surface area (Å²) in [6.45, 7) is 0. The number of ketones is 1. The second-order valence-electron chi connectivity index (χ2n) is 5.41. The Labute approximate surface area is 140 Å². The van der Waals surface area contributed by atoms with Crippen LogP contribution in [-0.4, -0.2) is 24.8 Å². The van der Waals surface area contributed by atoms with Gasteiger partial charge in [-0.1, -0.05) is 36.4 Å². The predicted octanol–water partition coefficient (Wildman–Crippen LogP) is 3.96. The highest BCUT2D eigenvalue weighted by Gasteiger charge is 2.03. The predicted molar refractivity (Wildman–Crippen MR) is 96.9 cm³/mol. The molecule has 0 heterocycles. The van der Waals surface area contributed by atoms with E-state index in [4.69, 9.17) is 0 Å². The molecule has 0 spiro atoms. The van der Waals surface area contributed by atoms with E-state index in [9.17, 15) is 14.9 Å². The van der Waals surface area contributed by atoms with Gasteiger partial charge in [-0.25, -0.2) is 0 Å². The molecule has 2 rings (SSSR count). The summed E-state index contributed by atoms with van der Waals surface area (Å²) in [6, 6.07) is 14.0. The SMILES string of the molecule is CN(C)c1ccc(/C=C/C(=O)/C=C/c2cccc([N+](=O)[O-])c2)cc1. The van der Waals surface area contributed by atoms with Crippen LogP contribution in [0.4, 0.5) is 11.4 Å². The molecule has 0 saturated heterocycles.